The summed E-state index contributed by atoms with van der Waals surface area (Å²) in [5.41, 5.74) is 1.70. The summed E-state index contributed by atoms with van der Waals surface area (Å²) in [7, 11) is 0. The zero-order chi connectivity index (χ0) is 15.5. The maximum Gasteiger partial charge on any atom is 0.309 e. The quantitative estimate of drug-likeness (QED) is 0.797. The fourth-order valence-corrected chi connectivity index (χ4v) is 3.05. The Morgan fingerprint density at radius 1 is 1.36 bits per heavy atom. The normalized spacial score (nSPS) is 16.0. The summed E-state index contributed by atoms with van der Waals surface area (Å²) in [6.45, 7) is 3.30. The molecule has 1 amide bonds. The third-order valence-electron chi connectivity index (χ3n) is 3.76. The zero-order valence-electron chi connectivity index (χ0n) is 12.2. The summed E-state index contributed by atoms with van der Waals surface area (Å²) in [5.74, 6) is -0.344. The number of piperidine rings is 1. The highest BCUT2D eigenvalue weighted by molar-refractivity contribution is 7.00. The molecule has 0 aromatic carbocycles. The number of amides is 1. The minimum atomic E-state index is -0.161. The minimum absolute atomic E-state index is 0.0790. The van der Waals surface area contributed by atoms with Crippen molar-refractivity contribution in [3.05, 3.63) is 17.8 Å². The number of esters is 1. The van der Waals surface area contributed by atoms with Gasteiger partial charge in [-0.05, 0) is 25.8 Å². The van der Waals surface area contributed by atoms with Crippen LogP contribution in [0.25, 0.3) is 11.2 Å². The smallest absolute Gasteiger partial charge is 0.309 e. The predicted molar refractivity (Wildman–Crippen MR) is 80.5 cm³/mol. The number of aromatic nitrogens is 3. The Labute approximate surface area is 131 Å². The molecule has 0 bridgehead atoms. The number of hydrogen-bond donors (Lipinski definition) is 0. The van der Waals surface area contributed by atoms with Crippen LogP contribution < -0.4 is 0 Å². The van der Waals surface area contributed by atoms with Gasteiger partial charge in [0.15, 0.2) is 5.65 Å². The molecular weight excluding hydrogens is 304 g/mol. The van der Waals surface area contributed by atoms with Crippen LogP contribution in [-0.2, 0) is 9.53 Å². The summed E-state index contributed by atoms with van der Waals surface area (Å²) in [6.07, 6.45) is 2.81. The fourth-order valence-electron chi connectivity index (χ4n) is 2.56. The van der Waals surface area contributed by atoms with Gasteiger partial charge in [-0.2, -0.15) is 8.75 Å². The van der Waals surface area contributed by atoms with E-state index < -0.39 is 0 Å². The number of hydrogen-bond acceptors (Lipinski definition) is 7. The first-order chi connectivity index (χ1) is 10.7. The summed E-state index contributed by atoms with van der Waals surface area (Å²) < 4.78 is 13.2. The van der Waals surface area contributed by atoms with Gasteiger partial charge in [-0.15, -0.1) is 0 Å². The lowest BCUT2D eigenvalue weighted by Crippen LogP contribution is -2.40. The number of likely N-dealkylation sites (tertiary alicyclic amines) is 1. The number of carbonyl (C=O) groups is 2. The van der Waals surface area contributed by atoms with Gasteiger partial charge in [0.05, 0.1) is 29.8 Å². The third kappa shape index (κ3) is 2.92. The molecule has 0 unspecified atom stereocenters. The second-order valence-electron chi connectivity index (χ2n) is 5.15. The molecule has 3 rings (SSSR count). The minimum Gasteiger partial charge on any atom is -0.466 e. The summed E-state index contributed by atoms with van der Waals surface area (Å²) in [6, 6.07) is 1.71. The monoisotopic (exact) mass is 320 g/mol. The topological polar surface area (TPSA) is 85.3 Å². The highest BCUT2D eigenvalue weighted by atomic mass is 32.1. The van der Waals surface area contributed by atoms with Crippen LogP contribution in [0.1, 0.15) is 30.1 Å². The van der Waals surface area contributed by atoms with Crippen molar-refractivity contribution in [2.24, 2.45) is 5.92 Å². The molecular formula is C14H16N4O3S. The molecule has 2 aromatic heterocycles. The van der Waals surface area contributed by atoms with Gasteiger partial charge >= 0.3 is 5.97 Å². The van der Waals surface area contributed by atoms with Crippen LogP contribution in [0.4, 0.5) is 0 Å². The fraction of sp³-hybridized carbons (Fsp3) is 0.500. The van der Waals surface area contributed by atoms with Gasteiger partial charge in [0.1, 0.15) is 5.52 Å². The van der Waals surface area contributed by atoms with E-state index in [0.29, 0.717) is 49.3 Å². The van der Waals surface area contributed by atoms with Gasteiger partial charge in [-0.25, -0.2) is 4.98 Å². The number of pyridine rings is 1. The molecule has 1 fully saturated rings. The molecule has 22 heavy (non-hydrogen) atoms. The number of fused-ring (bicyclic) bond motifs is 1. The molecule has 0 N–H and O–H groups in total. The number of rotatable bonds is 3. The van der Waals surface area contributed by atoms with E-state index in [1.807, 2.05) is 0 Å². The van der Waals surface area contributed by atoms with Crippen molar-refractivity contribution >= 4 is 34.8 Å². The molecule has 2 aromatic rings. The molecule has 0 aliphatic carbocycles. The van der Waals surface area contributed by atoms with Crippen molar-refractivity contribution in [1.82, 2.24) is 18.6 Å². The zero-order valence-corrected chi connectivity index (χ0v) is 13.0. The Hall–Kier alpha value is -2.09. The first-order valence-electron chi connectivity index (χ1n) is 7.23. The maximum atomic E-state index is 12.5. The van der Waals surface area contributed by atoms with Crippen LogP contribution in [0.3, 0.4) is 0 Å². The van der Waals surface area contributed by atoms with Gasteiger partial charge < -0.3 is 9.64 Å². The predicted octanol–water partition coefficient (Wildman–Crippen LogP) is 1.50. The summed E-state index contributed by atoms with van der Waals surface area (Å²) in [4.78, 5) is 30.1. The molecule has 0 radical (unpaired) electrons. The Bertz CT molecular complexity index is 694. The molecule has 1 aliphatic rings. The van der Waals surface area contributed by atoms with Crippen molar-refractivity contribution in [1.29, 1.82) is 0 Å². The van der Waals surface area contributed by atoms with Crippen LogP contribution in [0, 0.1) is 5.92 Å². The highest BCUT2D eigenvalue weighted by Gasteiger charge is 2.28. The van der Waals surface area contributed by atoms with Crippen LogP contribution in [0.2, 0.25) is 0 Å². The van der Waals surface area contributed by atoms with E-state index in [1.165, 1.54) is 6.20 Å². The van der Waals surface area contributed by atoms with E-state index >= 15 is 0 Å². The third-order valence-corrected chi connectivity index (χ3v) is 4.30. The molecule has 1 aliphatic heterocycles. The molecule has 0 atom stereocenters. The Morgan fingerprint density at radius 3 is 2.86 bits per heavy atom. The molecule has 116 valence electrons. The van der Waals surface area contributed by atoms with E-state index in [-0.39, 0.29) is 17.8 Å². The maximum absolute atomic E-state index is 12.5. The largest absolute Gasteiger partial charge is 0.466 e. The number of nitrogens with zero attached hydrogens (tertiary/aromatic N) is 4. The van der Waals surface area contributed by atoms with E-state index in [2.05, 4.69) is 13.7 Å². The van der Waals surface area contributed by atoms with Crippen molar-refractivity contribution < 1.29 is 14.3 Å². The first-order valence-corrected chi connectivity index (χ1v) is 7.96. The molecule has 0 saturated carbocycles. The molecule has 1 saturated heterocycles. The SMILES string of the molecule is CCOC(=O)C1CCN(C(=O)c2cnc3nsnc3c2)CC1. The average Bonchev–Trinajstić information content (AvgIpc) is 3.02. The van der Waals surface area contributed by atoms with Gasteiger partial charge in [-0.1, -0.05) is 0 Å². The number of carbonyl (C=O) groups excluding carboxylic acids is 2. The average molecular weight is 320 g/mol. The van der Waals surface area contributed by atoms with Gasteiger partial charge in [0.2, 0.25) is 0 Å². The van der Waals surface area contributed by atoms with Crippen molar-refractivity contribution in [2.45, 2.75) is 19.8 Å². The van der Waals surface area contributed by atoms with Gasteiger partial charge in [0.25, 0.3) is 5.91 Å². The van der Waals surface area contributed by atoms with Crippen molar-refractivity contribution in [2.75, 3.05) is 19.7 Å². The molecule has 3 heterocycles. The second kappa shape index (κ2) is 6.35. The standard InChI is InChI=1S/C14H16N4O3S/c1-2-21-14(20)9-3-5-18(6-4-9)13(19)10-7-11-12(15-8-10)17-22-16-11/h7-9H,2-6H2,1H3. The van der Waals surface area contributed by atoms with Crippen LogP contribution in [-0.4, -0.2) is 50.2 Å². The van der Waals surface area contributed by atoms with E-state index in [4.69, 9.17) is 4.74 Å². The van der Waals surface area contributed by atoms with Crippen molar-refractivity contribution in [3.8, 4) is 0 Å². The molecule has 8 heteroatoms. The Balaban J connectivity index is 1.65. The molecule has 7 nitrogen and oxygen atoms in total. The lowest BCUT2D eigenvalue weighted by molar-refractivity contribution is -0.149. The summed E-state index contributed by atoms with van der Waals surface area (Å²) >= 11 is 1.08. The van der Waals surface area contributed by atoms with Gasteiger partial charge in [0, 0.05) is 19.3 Å². The van der Waals surface area contributed by atoms with Gasteiger partial charge in [-0.3, -0.25) is 9.59 Å². The van der Waals surface area contributed by atoms with Crippen molar-refractivity contribution in [3.63, 3.8) is 0 Å². The lowest BCUT2D eigenvalue weighted by atomic mass is 9.96. The van der Waals surface area contributed by atoms with E-state index in [0.717, 1.165) is 11.7 Å². The van der Waals surface area contributed by atoms with E-state index in [9.17, 15) is 9.59 Å². The Morgan fingerprint density at radius 2 is 2.14 bits per heavy atom. The lowest BCUT2D eigenvalue weighted by Gasteiger charge is -2.30. The van der Waals surface area contributed by atoms with Crippen LogP contribution >= 0.6 is 11.7 Å². The van der Waals surface area contributed by atoms with Crippen LogP contribution in [0.5, 0.6) is 0 Å². The van der Waals surface area contributed by atoms with E-state index in [1.54, 1.807) is 17.9 Å². The first kappa shape index (κ1) is 14.8. The molecule has 0 spiro atoms. The summed E-state index contributed by atoms with van der Waals surface area (Å²) in [5, 5.41) is 0. The highest BCUT2D eigenvalue weighted by Crippen LogP contribution is 2.21. The Kier molecular flexibility index (Phi) is 4.28. The second-order valence-corrected chi connectivity index (χ2v) is 5.68. The number of ether oxygens (including phenoxy) is 1. The van der Waals surface area contributed by atoms with Crippen LogP contribution in [0.15, 0.2) is 12.3 Å².